The Hall–Kier alpha value is -3.67. The van der Waals surface area contributed by atoms with E-state index in [4.69, 9.17) is 23.7 Å². The highest BCUT2D eigenvalue weighted by molar-refractivity contribution is 5.75. The Morgan fingerprint density at radius 2 is 1.49 bits per heavy atom. The van der Waals surface area contributed by atoms with Crippen molar-refractivity contribution in [3.05, 3.63) is 83.4 Å². The summed E-state index contributed by atoms with van der Waals surface area (Å²) in [6.45, 7) is 6.05. The molecular weight excluding hydrogens is 468 g/mol. The molecule has 1 aliphatic rings. The van der Waals surface area contributed by atoms with E-state index < -0.39 is 0 Å². The second kappa shape index (κ2) is 13.0. The van der Waals surface area contributed by atoms with Crippen LogP contribution in [0.2, 0.25) is 0 Å². The van der Waals surface area contributed by atoms with Crippen LogP contribution in [0.5, 0.6) is 23.0 Å². The van der Waals surface area contributed by atoms with Crippen LogP contribution in [0, 0.1) is 11.8 Å². The first-order valence-electron chi connectivity index (χ1n) is 13.0. The highest BCUT2D eigenvalue weighted by Crippen LogP contribution is 2.35. The number of cyclic esters (lactones) is 1. The van der Waals surface area contributed by atoms with Crippen molar-refractivity contribution in [2.75, 3.05) is 26.9 Å². The minimum atomic E-state index is -0.229. The van der Waals surface area contributed by atoms with Gasteiger partial charge in [0.25, 0.3) is 0 Å². The van der Waals surface area contributed by atoms with Gasteiger partial charge in [-0.25, -0.2) is 0 Å². The first kappa shape index (κ1) is 26.4. The topological polar surface area (TPSA) is 63.2 Å². The fourth-order valence-corrected chi connectivity index (χ4v) is 4.59. The summed E-state index contributed by atoms with van der Waals surface area (Å²) in [5, 5.41) is 0. The molecule has 6 nitrogen and oxygen atoms in total. The number of rotatable bonds is 13. The zero-order chi connectivity index (χ0) is 26.0. The lowest BCUT2D eigenvalue weighted by molar-refractivity contribution is -0.141. The van der Waals surface area contributed by atoms with Crippen molar-refractivity contribution < 1.29 is 28.5 Å². The third-order valence-electron chi connectivity index (χ3n) is 6.50. The van der Waals surface area contributed by atoms with Crippen LogP contribution >= 0.6 is 0 Å². The van der Waals surface area contributed by atoms with Crippen LogP contribution in [-0.2, 0) is 29.0 Å². The minimum absolute atomic E-state index is 0.0735. The molecule has 6 heteroatoms. The first-order chi connectivity index (χ1) is 18.1. The van der Waals surface area contributed by atoms with E-state index in [0.717, 1.165) is 29.5 Å². The number of esters is 1. The monoisotopic (exact) mass is 504 g/mol. The lowest BCUT2D eigenvalue weighted by Crippen LogP contribution is -2.20. The lowest BCUT2D eigenvalue weighted by atomic mass is 9.85. The molecule has 196 valence electrons. The quantitative estimate of drug-likeness (QED) is 0.265. The Balaban J connectivity index is 1.48. The van der Waals surface area contributed by atoms with Crippen molar-refractivity contribution in [1.29, 1.82) is 0 Å². The maximum atomic E-state index is 12.7. The van der Waals surface area contributed by atoms with Gasteiger partial charge in [0.2, 0.25) is 0 Å². The molecule has 0 spiro atoms. The van der Waals surface area contributed by atoms with E-state index in [1.807, 2.05) is 73.7 Å². The van der Waals surface area contributed by atoms with E-state index in [-0.39, 0.29) is 17.8 Å². The van der Waals surface area contributed by atoms with Crippen molar-refractivity contribution in [1.82, 2.24) is 0 Å². The second-order valence-corrected chi connectivity index (χ2v) is 9.23. The Bertz CT molecular complexity index is 1160. The van der Waals surface area contributed by atoms with E-state index in [1.165, 1.54) is 0 Å². The van der Waals surface area contributed by atoms with Crippen molar-refractivity contribution in [2.24, 2.45) is 11.8 Å². The summed E-state index contributed by atoms with van der Waals surface area (Å²) >= 11 is 0. The normalized spacial score (nSPS) is 16.8. The number of carbonyl (C=O) groups excluding carboxylic acids is 1. The van der Waals surface area contributed by atoms with Crippen LogP contribution in [0.3, 0.4) is 0 Å². The summed E-state index contributed by atoms with van der Waals surface area (Å²) in [5.41, 5.74) is 3.21. The van der Waals surface area contributed by atoms with E-state index in [1.54, 1.807) is 7.11 Å². The van der Waals surface area contributed by atoms with Crippen LogP contribution in [0.1, 0.15) is 37.0 Å². The maximum absolute atomic E-state index is 12.7. The molecule has 37 heavy (non-hydrogen) atoms. The van der Waals surface area contributed by atoms with E-state index in [0.29, 0.717) is 55.8 Å². The van der Waals surface area contributed by atoms with E-state index >= 15 is 0 Å². The molecule has 4 rings (SSSR count). The predicted octanol–water partition coefficient (Wildman–Crippen LogP) is 6.04. The summed E-state index contributed by atoms with van der Waals surface area (Å²) in [5.74, 6) is 2.52. The SMILES string of the molecule is CCCOc1cc(C[C@H]2C(=O)OC[C@@H]2Cc2ccc(OC)c(OCC)c2)ccc1OCc1ccccc1. The highest BCUT2D eigenvalue weighted by atomic mass is 16.5. The molecule has 3 aromatic rings. The van der Waals surface area contributed by atoms with Crippen LogP contribution < -0.4 is 18.9 Å². The molecule has 1 fully saturated rings. The van der Waals surface area contributed by atoms with Gasteiger partial charge in [-0.05, 0) is 67.1 Å². The van der Waals surface area contributed by atoms with Crippen molar-refractivity contribution in [3.8, 4) is 23.0 Å². The molecule has 1 heterocycles. The Labute approximate surface area is 219 Å². The minimum Gasteiger partial charge on any atom is -0.493 e. The second-order valence-electron chi connectivity index (χ2n) is 9.23. The van der Waals surface area contributed by atoms with Gasteiger partial charge in [0, 0.05) is 5.92 Å². The van der Waals surface area contributed by atoms with E-state index in [2.05, 4.69) is 6.92 Å². The number of benzene rings is 3. The number of hydrogen-bond donors (Lipinski definition) is 0. The van der Waals surface area contributed by atoms with Gasteiger partial charge in [-0.2, -0.15) is 0 Å². The van der Waals surface area contributed by atoms with Gasteiger partial charge in [0.1, 0.15) is 6.61 Å². The number of methoxy groups -OCH3 is 1. The molecule has 0 N–H and O–H groups in total. The average molecular weight is 505 g/mol. The summed E-state index contributed by atoms with van der Waals surface area (Å²) < 4.78 is 28.7. The molecule has 0 radical (unpaired) electrons. The standard InChI is InChI=1S/C31H36O6/c1-4-15-35-30-19-24(12-14-28(30)36-20-22-9-7-6-8-10-22)17-26-25(21-37-31(26)32)16-23-11-13-27(33-3)29(18-23)34-5-2/h6-14,18-19,25-26H,4-5,15-17,20-21H2,1-3H3/t25-,26+/m0/s1. The van der Waals surface area contributed by atoms with Crippen LogP contribution in [0.25, 0.3) is 0 Å². The summed E-state index contributed by atoms with van der Waals surface area (Å²) in [6, 6.07) is 21.9. The fraction of sp³-hybridized carbons (Fsp3) is 0.387. The molecule has 1 saturated heterocycles. The molecule has 2 atom stereocenters. The largest absolute Gasteiger partial charge is 0.493 e. The van der Waals surface area contributed by atoms with Crippen LogP contribution in [0.4, 0.5) is 0 Å². The molecular formula is C31H36O6. The highest BCUT2D eigenvalue weighted by Gasteiger charge is 2.37. The smallest absolute Gasteiger partial charge is 0.309 e. The number of hydrogen-bond acceptors (Lipinski definition) is 6. The molecule has 0 saturated carbocycles. The molecule has 0 bridgehead atoms. The van der Waals surface area contributed by atoms with Gasteiger partial charge in [-0.3, -0.25) is 4.79 Å². The molecule has 3 aromatic carbocycles. The van der Waals surface area contributed by atoms with Gasteiger partial charge < -0.3 is 23.7 Å². The Kier molecular flexibility index (Phi) is 9.30. The van der Waals surface area contributed by atoms with Crippen LogP contribution in [0.15, 0.2) is 66.7 Å². The number of ether oxygens (including phenoxy) is 5. The molecule has 1 aliphatic heterocycles. The van der Waals surface area contributed by atoms with Gasteiger partial charge in [0.05, 0.1) is 32.8 Å². The Morgan fingerprint density at radius 3 is 2.19 bits per heavy atom. The molecule has 0 unspecified atom stereocenters. The van der Waals surface area contributed by atoms with Crippen molar-refractivity contribution >= 4 is 5.97 Å². The summed E-state index contributed by atoms with van der Waals surface area (Å²) in [7, 11) is 1.63. The van der Waals surface area contributed by atoms with Crippen molar-refractivity contribution in [3.63, 3.8) is 0 Å². The third kappa shape index (κ3) is 6.97. The molecule has 0 aromatic heterocycles. The summed E-state index contributed by atoms with van der Waals surface area (Å²) in [4.78, 5) is 12.7. The summed E-state index contributed by atoms with van der Waals surface area (Å²) in [6.07, 6.45) is 2.20. The first-order valence-corrected chi connectivity index (χ1v) is 13.0. The predicted molar refractivity (Wildman–Crippen MR) is 143 cm³/mol. The zero-order valence-electron chi connectivity index (χ0n) is 21.9. The fourth-order valence-electron chi connectivity index (χ4n) is 4.59. The molecule has 0 amide bonds. The molecule has 0 aliphatic carbocycles. The number of carbonyl (C=O) groups is 1. The third-order valence-corrected chi connectivity index (χ3v) is 6.50. The van der Waals surface area contributed by atoms with Gasteiger partial charge in [-0.15, -0.1) is 0 Å². The van der Waals surface area contributed by atoms with E-state index in [9.17, 15) is 4.79 Å². The van der Waals surface area contributed by atoms with Crippen LogP contribution in [-0.4, -0.2) is 32.9 Å². The van der Waals surface area contributed by atoms with Gasteiger partial charge >= 0.3 is 5.97 Å². The lowest BCUT2D eigenvalue weighted by Gasteiger charge is -2.18. The van der Waals surface area contributed by atoms with Gasteiger partial charge in [0.15, 0.2) is 23.0 Å². The zero-order valence-corrected chi connectivity index (χ0v) is 21.9. The van der Waals surface area contributed by atoms with Crippen molar-refractivity contribution in [2.45, 2.75) is 39.7 Å². The van der Waals surface area contributed by atoms with Gasteiger partial charge in [-0.1, -0.05) is 49.4 Å². The Morgan fingerprint density at radius 1 is 0.784 bits per heavy atom. The maximum Gasteiger partial charge on any atom is 0.309 e. The average Bonchev–Trinajstić information content (AvgIpc) is 3.26.